The lowest BCUT2D eigenvalue weighted by Crippen LogP contribution is -3.00. The summed E-state index contributed by atoms with van der Waals surface area (Å²) < 4.78 is 19.8. The smallest absolute Gasteiger partial charge is 0.247 e. The molecule has 2 aromatic carbocycles. The monoisotopic (exact) mass is 1070 g/mol. The molecule has 5 aromatic rings. The third kappa shape index (κ3) is 16.4. The van der Waals surface area contributed by atoms with E-state index in [4.69, 9.17) is 47.1 Å². The van der Waals surface area contributed by atoms with Gasteiger partial charge in [-0.25, -0.2) is 9.36 Å². The Hall–Kier alpha value is -6.68. The molecule has 2 aliphatic heterocycles. The van der Waals surface area contributed by atoms with Crippen molar-refractivity contribution in [1.29, 1.82) is 0 Å². The van der Waals surface area contributed by atoms with Crippen LogP contribution in [0.2, 0.25) is 0 Å². The van der Waals surface area contributed by atoms with Crippen LogP contribution in [-0.2, 0) is 36.6 Å². The second kappa shape index (κ2) is 29.0. The highest BCUT2D eigenvalue weighted by atomic mass is 35.5. The topological polar surface area (TPSA) is 279 Å². The molecule has 5 atom stereocenters. The molecule has 412 valence electrons. The zero-order chi connectivity index (χ0) is 53.3. The predicted octanol–water partition coefficient (Wildman–Crippen LogP) is -0.0783. The molecule has 7 rings (SSSR count). The van der Waals surface area contributed by atoms with Crippen LogP contribution in [0.5, 0.6) is 11.5 Å². The molecule has 5 heterocycles. The van der Waals surface area contributed by atoms with E-state index in [0.29, 0.717) is 140 Å². The van der Waals surface area contributed by atoms with Crippen molar-refractivity contribution in [2.24, 2.45) is 23.3 Å². The Balaban J connectivity index is 0.00000937. The normalized spacial score (nSPS) is 15.9. The lowest BCUT2D eigenvalue weighted by Gasteiger charge is -2.38. The number of rotatable bonds is 27. The minimum absolute atomic E-state index is 0. The van der Waals surface area contributed by atoms with Crippen LogP contribution in [0.15, 0.2) is 60.9 Å². The third-order valence-corrected chi connectivity index (χ3v) is 13.5. The Kier molecular flexibility index (Phi) is 22.4. The van der Waals surface area contributed by atoms with Gasteiger partial charge in [-0.2, -0.15) is 15.0 Å². The van der Waals surface area contributed by atoms with Crippen molar-refractivity contribution in [1.82, 2.24) is 54.7 Å². The molecule has 5 unspecified atom stereocenters. The lowest BCUT2D eigenvalue weighted by molar-refractivity contribution is -0.136. The molecule has 0 bridgehead atoms. The number of benzene rings is 2. The van der Waals surface area contributed by atoms with Crippen molar-refractivity contribution in [3.8, 4) is 23.8 Å². The van der Waals surface area contributed by atoms with E-state index >= 15 is 0 Å². The van der Waals surface area contributed by atoms with Gasteiger partial charge in [0.05, 0.1) is 68.9 Å². The summed E-state index contributed by atoms with van der Waals surface area (Å²) in [5, 5.41) is 40.9. The summed E-state index contributed by atoms with van der Waals surface area (Å²) in [5.41, 5.74) is 16.0. The van der Waals surface area contributed by atoms with Gasteiger partial charge >= 0.3 is 0 Å². The van der Waals surface area contributed by atoms with Crippen LogP contribution in [0.1, 0.15) is 87.2 Å². The predicted molar refractivity (Wildman–Crippen MR) is 282 cm³/mol. The van der Waals surface area contributed by atoms with Crippen LogP contribution in [-0.4, -0.2) is 175 Å². The van der Waals surface area contributed by atoms with Gasteiger partial charge in [0.2, 0.25) is 29.7 Å². The number of halogens is 1. The second-order valence-electron chi connectivity index (χ2n) is 19.5. The summed E-state index contributed by atoms with van der Waals surface area (Å²) in [4.78, 5) is 51.5. The average molecular weight is 1070 g/mol. The number of piperazine rings is 2. The number of aromatic nitrogens is 9. The first kappa shape index (κ1) is 58.6. The fraction of sp³-hybridized carbons (Fsp3) is 0.558. The Morgan fingerprint density at radius 3 is 1.62 bits per heavy atom. The van der Waals surface area contributed by atoms with Gasteiger partial charge in [-0.05, 0) is 53.6 Å². The molecule has 76 heavy (non-hydrogen) atoms. The number of nitrogens with zero attached hydrogens (tertiary/aromatic N) is 13. The number of aromatic hydroxyl groups is 2. The van der Waals surface area contributed by atoms with E-state index in [0.717, 1.165) is 24.0 Å². The van der Waals surface area contributed by atoms with Gasteiger partial charge in [0.1, 0.15) is 30.2 Å². The molecule has 3 aromatic heterocycles. The zero-order valence-corrected chi connectivity index (χ0v) is 44.8. The van der Waals surface area contributed by atoms with Gasteiger partial charge < -0.3 is 73.2 Å². The van der Waals surface area contributed by atoms with Crippen LogP contribution < -0.4 is 39.0 Å². The summed E-state index contributed by atoms with van der Waals surface area (Å²) in [6.45, 7) is 14.3. The standard InChI is InChI=1S/C52H74N16O7.ClH/c1-6-25-73-27-29-75-30-28-74-26-16-55-50-56-51(65-21-17-63(18-22-65)48(71)45(32-38-8-12-40(69)13-9-38)67-34-43(59-61-67)42(53)31-36(3)4)58-52(57-50)66-23-19-64(20-24-66)49(72)46(33-39-10-14-41(70)15-11-39)68-35-44(60-62-68)47(54)37(5)7-2;/h1,8-15,34-37,42,45-47,69-70H,7,16-33,53-54H2,2-5H3,(H,55,56,57,58);1H/p-1. The second-order valence-corrected chi connectivity index (χ2v) is 19.5. The summed E-state index contributed by atoms with van der Waals surface area (Å²) in [6, 6.07) is 11.6. The highest BCUT2D eigenvalue weighted by Gasteiger charge is 2.34. The Labute approximate surface area is 451 Å². The fourth-order valence-electron chi connectivity index (χ4n) is 8.88. The highest BCUT2D eigenvalue weighted by molar-refractivity contribution is 5.81. The van der Waals surface area contributed by atoms with Crippen molar-refractivity contribution >= 4 is 29.7 Å². The maximum Gasteiger partial charge on any atom is 0.247 e. The number of amides is 2. The zero-order valence-electron chi connectivity index (χ0n) is 44.0. The molecular formula is C52H74ClN16O7-. The lowest BCUT2D eigenvalue weighted by atomic mass is 9.98. The average Bonchev–Trinajstić information content (AvgIpc) is 4.14. The molecule has 2 amide bonds. The van der Waals surface area contributed by atoms with Crippen molar-refractivity contribution in [3.05, 3.63) is 83.4 Å². The largest absolute Gasteiger partial charge is 1.00 e. The number of terminal acetylenes is 1. The third-order valence-electron chi connectivity index (χ3n) is 13.5. The first-order valence-electron chi connectivity index (χ1n) is 25.9. The maximum atomic E-state index is 14.5. The number of carbonyl (C=O) groups excluding carboxylic acids is 2. The van der Waals surface area contributed by atoms with Crippen LogP contribution in [0, 0.1) is 24.2 Å². The Morgan fingerprint density at radius 2 is 1.14 bits per heavy atom. The molecule has 7 N–H and O–H groups in total. The van der Waals surface area contributed by atoms with Crippen molar-refractivity contribution in [2.75, 3.05) is 114 Å². The summed E-state index contributed by atoms with van der Waals surface area (Å²) in [5.74, 6) is 4.25. The Bertz CT molecular complexity index is 2600. The number of hydrogen-bond donors (Lipinski definition) is 5. The summed E-state index contributed by atoms with van der Waals surface area (Å²) in [7, 11) is 0. The number of hydrogen-bond acceptors (Lipinski definition) is 19. The molecular weight excluding hydrogens is 996 g/mol. The number of phenolic OH excluding ortho intramolecular Hbond substituents is 2. The molecule has 24 heteroatoms. The first-order valence-corrected chi connectivity index (χ1v) is 25.9. The Morgan fingerprint density at radius 1 is 0.684 bits per heavy atom. The number of nitrogens with two attached hydrogens (primary N) is 2. The quantitative estimate of drug-likeness (QED) is 0.0340. The number of nitrogens with one attached hydrogen (secondary N) is 1. The van der Waals surface area contributed by atoms with E-state index < -0.39 is 12.1 Å². The van der Waals surface area contributed by atoms with Gasteiger partial charge in [0.25, 0.3) is 0 Å². The SMILES string of the molecule is C#CCOCCOCCOCCNc1nc(N2CCN(C(=O)C(Cc3ccc(O)cc3)n3cc(C(N)CC(C)C)nn3)CC2)nc(N2CCN(C(=O)C(Cc3ccc(O)cc3)n3cc(C(N)C(C)CC)nn3)CC2)n1.[Cl-]. The van der Waals surface area contributed by atoms with Crippen LogP contribution >= 0.6 is 0 Å². The highest BCUT2D eigenvalue weighted by Crippen LogP contribution is 2.27. The van der Waals surface area contributed by atoms with Gasteiger partial charge in [-0.15, -0.1) is 16.6 Å². The minimum atomic E-state index is -0.705. The number of phenols is 2. The van der Waals surface area contributed by atoms with E-state index in [1.54, 1.807) is 70.3 Å². The van der Waals surface area contributed by atoms with Crippen LogP contribution in [0.4, 0.5) is 17.8 Å². The van der Waals surface area contributed by atoms with Crippen molar-refractivity contribution < 1.29 is 46.4 Å². The van der Waals surface area contributed by atoms with Gasteiger partial charge in [0.15, 0.2) is 0 Å². The van der Waals surface area contributed by atoms with E-state index in [1.807, 2.05) is 19.6 Å². The molecule has 2 aliphatic rings. The van der Waals surface area contributed by atoms with Crippen molar-refractivity contribution in [3.63, 3.8) is 0 Å². The minimum Gasteiger partial charge on any atom is -1.00 e. The molecule has 0 aliphatic carbocycles. The first-order chi connectivity index (χ1) is 36.3. The maximum absolute atomic E-state index is 14.5. The summed E-state index contributed by atoms with van der Waals surface area (Å²) in [6.07, 6.45) is 11.0. The number of ether oxygens (including phenoxy) is 3. The van der Waals surface area contributed by atoms with Gasteiger partial charge in [-0.3, -0.25) is 9.59 Å². The molecule has 2 saturated heterocycles. The van der Waals surface area contributed by atoms with Crippen LogP contribution in [0.25, 0.3) is 0 Å². The molecule has 0 saturated carbocycles. The van der Waals surface area contributed by atoms with E-state index in [9.17, 15) is 19.8 Å². The van der Waals surface area contributed by atoms with E-state index in [-0.39, 0.29) is 60.3 Å². The molecule has 23 nitrogen and oxygen atoms in total. The fourth-order valence-corrected chi connectivity index (χ4v) is 8.88. The molecule has 0 radical (unpaired) electrons. The van der Waals surface area contributed by atoms with Crippen molar-refractivity contribution in [2.45, 2.75) is 77.5 Å². The molecule has 0 spiro atoms. The van der Waals surface area contributed by atoms with Gasteiger partial charge in [0, 0.05) is 71.7 Å². The summed E-state index contributed by atoms with van der Waals surface area (Å²) >= 11 is 0. The van der Waals surface area contributed by atoms with Crippen LogP contribution in [0.3, 0.4) is 0 Å². The number of anilines is 3. The number of carbonyl (C=O) groups is 2. The van der Waals surface area contributed by atoms with Gasteiger partial charge in [-0.1, -0.05) is 74.7 Å². The van der Waals surface area contributed by atoms with E-state index in [2.05, 4.69) is 59.6 Å². The molecule has 2 fully saturated rings. The van der Waals surface area contributed by atoms with E-state index in [1.165, 1.54) is 0 Å².